The summed E-state index contributed by atoms with van der Waals surface area (Å²) in [5, 5.41) is 3.19. The maximum absolute atomic E-state index is 10.8. The zero-order chi connectivity index (χ0) is 19.4. The molecule has 0 saturated heterocycles. The molecular formula is C22H28NO3P. The molecule has 144 valence electrons. The molecule has 2 rings (SSSR count). The number of hydrogen-bond donors (Lipinski definition) is 3. The molecule has 0 heterocycles. The van der Waals surface area contributed by atoms with E-state index < -0.39 is 7.60 Å². The topological polar surface area (TPSA) is 69.6 Å². The molecular weight excluding hydrogens is 357 g/mol. The maximum atomic E-state index is 10.8. The first-order valence-corrected chi connectivity index (χ1v) is 11.2. The minimum atomic E-state index is -3.87. The lowest BCUT2D eigenvalue weighted by Gasteiger charge is -2.06. The molecule has 0 amide bonds. The highest BCUT2D eigenvalue weighted by atomic mass is 31.2. The van der Waals surface area contributed by atoms with Gasteiger partial charge in [0.15, 0.2) is 0 Å². The monoisotopic (exact) mass is 385 g/mol. The SMILES string of the molecule is O=P(O)(O)CCCNCc1ccc(C#CCCCCc2ccccc2)cc1. The van der Waals surface area contributed by atoms with Gasteiger partial charge in [-0.1, -0.05) is 54.3 Å². The molecule has 0 unspecified atom stereocenters. The third kappa shape index (κ3) is 10.1. The fraction of sp³-hybridized carbons (Fsp3) is 0.364. The Labute approximate surface area is 162 Å². The van der Waals surface area contributed by atoms with Crippen LogP contribution >= 0.6 is 7.60 Å². The number of rotatable bonds is 10. The van der Waals surface area contributed by atoms with Crippen LogP contribution in [0.4, 0.5) is 0 Å². The Balaban J connectivity index is 1.61. The van der Waals surface area contributed by atoms with Crippen LogP contribution in [0.15, 0.2) is 54.6 Å². The van der Waals surface area contributed by atoms with Gasteiger partial charge in [0.2, 0.25) is 0 Å². The van der Waals surface area contributed by atoms with Gasteiger partial charge in [-0.15, -0.1) is 0 Å². The van der Waals surface area contributed by atoms with Gasteiger partial charge in [-0.25, -0.2) is 0 Å². The van der Waals surface area contributed by atoms with E-state index in [9.17, 15) is 4.57 Å². The summed E-state index contributed by atoms with van der Waals surface area (Å²) in [6, 6.07) is 18.6. The molecule has 0 aliphatic rings. The van der Waals surface area contributed by atoms with Crippen LogP contribution in [0, 0.1) is 11.8 Å². The predicted octanol–water partition coefficient (Wildman–Crippen LogP) is 4.11. The summed E-state index contributed by atoms with van der Waals surface area (Å²) in [4.78, 5) is 17.6. The minimum absolute atomic E-state index is 0.0696. The Morgan fingerprint density at radius 3 is 2.33 bits per heavy atom. The van der Waals surface area contributed by atoms with Crippen LogP contribution in [0.25, 0.3) is 0 Å². The van der Waals surface area contributed by atoms with E-state index in [0.29, 0.717) is 19.5 Å². The lowest BCUT2D eigenvalue weighted by Crippen LogP contribution is -2.15. The molecule has 0 spiro atoms. The number of aryl methyl sites for hydroxylation is 1. The van der Waals surface area contributed by atoms with Crippen molar-refractivity contribution in [3.05, 3.63) is 71.3 Å². The molecule has 0 aliphatic heterocycles. The summed E-state index contributed by atoms with van der Waals surface area (Å²) in [6.07, 6.45) is 4.69. The molecule has 0 radical (unpaired) electrons. The predicted molar refractivity (Wildman–Crippen MR) is 111 cm³/mol. The van der Waals surface area contributed by atoms with Gasteiger partial charge in [-0.05, 0) is 55.5 Å². The second kappa shape index (κ2) is 11.7. The molecule has 27 heavy (non-hydrogen) atoms. The standard InChI is InChI=1S/C22H28NO3P/c24-27(25,26)18-8-17-23-19-22-15-13-21(14-16-22)12-5-2-1-4-9-20-10-6-3-7-11-20/h3,6-7,10-11,13-16,23H,1-2,4,8-9,17-19H2,(H2,24,25,26). The van der Waals surface area contributed by atoms with E-state index in [0.717, 1.165) is 36.8 Å². The normalized spacial score (nSPS) is 11.0. The van der Waals surface area contributed by atoms with E-state index in [1.165, 1.54) is 5.56 Å². The Hall–Kier alpha value is -1.89. The average molecular weight is 385 g/mol. The van der Waals surface area contributed by atoms with Gasteiger partial charge >= 0.3 is 7.60 Å². The first-order chi connectivity index (χ1) is 13.0. The molecule has 0 aromatic heterocycles. The molecule has 0 fully saturated rings. The van der Waals surface area contributed by atoms with Gasteiger partial charge < -0.3 is 15.1 Å². The molecule has 0 saturated carbocycles. The molecule has 0 aliphatic carbocycles. The van der Waals surface area contributed by atoms with Crippen LogP contribution < -0.4 is 5.32 Å². The lowest BCUT2D eigenvalue weighted by molar-refractivity contribution is 0.371. The fourth-order valence-corrected chi connectivity index (χ4v) is 3.27. The summed E-state index contributed by atoms with van der Waals surface area (Å²) >= 11 is 0. The van der Waals surface area contributed by atoms with Crippen LogP contribution in [0.5, 0.6) is 0 Å². The summed E-state index contributed by atoms with van der Waals surface area (Å²) in [5.74, 6) is 6.45. The van der Waals surface area contributed by atoms with Crippen LogP contribution in [0.2, 0.25) is 0 Å². The Morgan fingerprint density at radius 1 is 0.889 bits per heavy atom. The second-order valence-electron chi connectivity index (χ2n) is 6.61. The Morgan fingerprint density at radius 2 is 1.63 bits per heavy atom. The van der Waals surface area contributed by atoms with E-state index >= 15 is 0 Å². The molecule has 5 heteroatoms. The van der Waals surface area contributed by atoms with Crippen molar-refractivity contribution in [3.8, 4) is 11.8 Å². The van der Waals surface area contributed by atoms with E-state index in [4.69, 9.17) is 9.79 Å². The molecule has 3 N–H and O–H groups in total. The van der Waals surface area contributed by atoms with E-state index in [1.807, 2.05) is 30.3 Å². The van der Waals surface area contributed by atoms with Crippen molar-refractivity contribution in [1.29, 1.82) is 0 Å². The third-order valence-electron chi connectivity index (χ3n) is 4.18. The summed E-state index contributed by atoms with van der Waals surface area (Å²) in [7, 11) is -3.87. The van der Waals surface area contributed by atoms with Crippen LogP contribution in [0.3, 0.4) is 0 Å². The van der Waals surface area contributed by atoms with Crippen molar-refractivity contribution < 1.29 is 14.4 Å². The first kappa shape index (κ1) is 21.4. The van der Waals surface area contributed by atoms with Gasteiger partial charge in [-0.2, -0.15) is 0 Å². The highest BCUT2D eigenvalue weighted by Crippen LogP contribution is 2.34. The fourth-order valence-electron chi connectivity index (χ4n) is 2.70. The lowest BCUT2D eigenvalue weighted by atomic mass is 10.1. The number of benzene rings is 2. The smallest absolute Gasteiger partial charge is 0.324 e. The van der Waals surface area contributed by atoms with Crippen LogP contribution in [-0.4, -0.2) is 22.5 Å². The highest BCUT2D eigenvalue weighted by Gasteiger charge is 2.10. The Kier molecular flexibility index (Phi) is 9.31. The highest BCUT2D eigenvalue weighted by molar-refractivity contribution is 7.51. The van der Waals surface area contributed by atoms with E-state index in [2.05, 4.69) is 41.4 Å². The molecule has 4 nitrogen and oxygen atoms in total. The summed E-state index contributed by atoms with van der Waals surface area (Å²) in [5.41, 5.74) is 3.54. The van der Waals surface area contributed by atoms with Crippen molar-refractivity contribution in [2.24, 2.45) is 0 Å². The second-order valence-corrected chi connectivity index (χ2v) is 8.39. The van der Waals surface area contributed by atoms with Crippen molar-refractivity contribution in [2.75, 3.05) is 12.7 Å². The zero-order valence-corrected chi connectivity index (χ0v) is 16.5. The van der Waals surface area contributed by atoms with Gasteiger partial charge in [-0.3, -0.25) is 4.57 Å². The quantitative estimate of drug-likeness (QED) is 0.327. The number of hydrogen-bond acceptors (Lipinski definition) is 2. The number of unbranched alkanes of at least 4 members (excludes halogenated alkanes) is 2. The van der Waals surface area contributed by atoms with Gasteiger partial charge in [0.05, 0.1) is 6.16 Å². The van der Waals surface area contributed by atoms with Crippen molar-refractivity contribution >= 4 is 7.60 Å². The van der Waals surface area contributed by atoms with Crippen molar-refractivity contribution in [2.45, 2.75) is 38.6 Å². The zero-order valence-electron chi connectivity index (χ0n) is 15.6. The van der Waals surface area contributed by atoms with Gasteiger partial charge in [0.1, 0.15) is 0 Å². The number of nitrogens with one attached hydrogen (secondary N) is 1. The van der Waals surface area contributed by atoms with Crippen molar-refractivity contribution in [1.82, 2.24) is 5.32 Å². The van der Waals surface area contributed by atoms with Gasteiger partial charge in [0, 0.05) is 18.5 Å². The molecule has 2 aromatic carbocycles. The molecule has 2 aromatic rings. The minimum Gasteiger partial charge on any atom is -0.324 e. The molecule has 0 bridgehead atoms. The van der Waals surface area contributed by atoms with E-state index in [-0.39, 0.29) is 6.16 Å². The first-order valence-electron chi connectivity index (χ1n) is 9.40. The van der Waals surface area contributed by atoms with Crippen molar-refractivity contribution in [3.63, 3.8) is 0 Å². The van der Waals surface area contributed by atoms with Gasteiger partial charge in [0.25, 0.3) is 0 Å². The molecule has 0 atom stereocenters. The third-order valence-corrected chi connectivity index (χ3v) is 5.08. The maximum Gasteiger partial charge on any atom is 0.325 e. The summed E-state index contributed by atoms with van der Waals surface area (Å²) in [6.45, 7) is 1.28. The average Bonchev–Trinajstić information content (AvgIpc) is 2.65. The summed E-state index contributed by atoms with van der Waals surface area (Å²) < 4.78 is 10.8. The van der Waals surface area contributed by atoms with Crippen LogP contribution in [-0.2, 0) is 17.5 Å². The van der Waals surface area contributed by atoms with Crippen LogP contribution in [0.1, 0.15) is 42.4 Å². The van der Waals surface area contributed by atoms with E-state index in [1.54, 1.807) is 0 Å². The largest absolute Gasteiger partial charge is 0.325 e. The Bertz CT molecular complexity index is 773.